The van der Waals surface area contributed by atoms with E-state index < -0.39 is 0 Å². The summed E-state index contributed by atoms with van der Waals surface area (Å²) in [5.41, 5.74) is 9.42. The fraction of sp³-hybridized carbons (Fsp3) is 0.200. The van der Waals surface area contributed by atoms with Crippen LogP contribution in [0.3, 0.4) is 0 Å². The van der Waals surface area contributed by atoms with Crippen LogP contribution in [0.1, 0.15) is 10.6 Å². The summed E-state index contributed by atoms with van der Waals surface area (Å²) in [5.74, 6) is 1.01. The minimum Gasteiger partial charge on any atom is -0.496 e. The molecule has 0 fully saturated rings. The standard InChI is InChI=1S/C15H15N3O2S/c1-8-4-5-11(19-3)10(6-8)13-14(18-20-15(13)16)12-7-17-9(2)21-12/h4-7H,16H2,1-3H3. The molecule has 0 amide bonds. The number of thiazole rings is 1. The largest absolute Gasteiger partial charge is 0.496 e. The van der Waals surface area contributed by atoms with Gasteiger partial charge in [-0.3, -0.25) is 0 Å². The van der Waals surface area contributed by atoms with E-state index in [1.54, 1.807) is 24.6 Å². The summed E-state index contributed by atoms with van der Waals surface area (Å²) < 4.78 is 10.6. The predicted octanol–water partition coefficient (Wildman–Crippen LogP) is 3.67. The number of aromatic nitrogens is 2. The van der Waals surface area contributed by atoms with Crippen molar-refractivity contribution in [3.8, 4) is 27.4 Å². The molecule has 0 unspecified atom stereocenters. The third-order valence-corrected chi connectivity index (χ3v) is 4.12. The number of hydrogen-bond donors (Lipinski definition) is 1. The number of nitrogens with two attached hydrogens (primary N) is 1. The minimum absolute atomic E-state index is 0.278. The highest BCUT2D eigenvalue weighted by molar-refractivity contribution is 7.15. The molecule has 0 aliphatic carbocycles. The van der Waals surface area contributed by atoms with E-state index in [0.29, 0.717) is 5.69 Å². The van der Waals surface area contributed by atoms with Gasteiger partial charge < -0.3 is 15.0 Å². The first kappa shape index (κ1) is 13.6. The maximum Gasteiger partial charge on any atom is 0.230 e. The van der Waals surface area contributed by atoms with E-state index in [-0.39, 0.29) is 5.88 Å². The van der Waals surface area contributed by atoms with E-state index >= 15 is 0 Å². The number of hydrogen-bond acceptors (Lipinski definition) is 6. The lowest BCUT2D eigenvalue weighted by Crippen LogP contribution is -1.92. The highest BCUT2D eigenvalue weighted by atomic mass is 32.1. The van der Waals surface area contributed by atoms with Crippen molar-refractivity contribution in [1.29, 1.82) is 0 Å². The van der Waals surface area contributed by atoms with Gasteiger partial charge in [0.1, 0.15) is 11.4 Å². The van der Waals surface area contributed by atoms with E-state index in [1.807, 2.05) is 32.0 Å². The Balaban J connectivity index is 2.24. The first-order valence-electron chi connectivity index (χ1n) is 6.43. The van der Waals surface area contributed by atoms with Gasteiger partial charge in [0, 0.05) is 11.8 Å². The number of benzene rings is 1. The van der Waals surface area contributed by atoms with E-state index in [2.05, 4.69) is 10.1 Å². The Morgan fingerprint density at radius 2 is 2.10 bits per heavy atom. The molecular weight excluding hydrogens is 286 g/mol. The summed E-state index contributed by atoms with van der Waals surface area (Å²) in [7, 11) is 1.63. The lowest BCUT2D eigenvalue weighted by atomic mass is 10.0. The summed E-state index contributed by atoms with van der Waals surface area (Å²) in [4.78, 5) is 5.18. The third kappa shape index (κ3) is 2.38. The van der Waals surface area contributed by atoms with Crippen molar-refractivity contribution in [2.75, 3.05) is 12.8 Å². The van der Waals surface area contributed by atoms with Crippen LogP contribution in [-0.2, 0) is 0 Å². The Bertz CT molecular complexity index is 792. The SMILES string of the molecule is COc1ccc(C)cc1-c1c(-c2cnc(C)s2)noc1N. The molecule has 0 radical (unpaired) electrons. The van der Waals surface area contributed by atoms with Crippen LogP contribution in [0.15, 0.2) is 28.9 Å². The topological polar surface area (TPSA) is 74.2 Å². The van der Waals surface area contributed by atoms with Gasteiger partial charge in [-0.25, -0.2) is 4.98 Å². The van der Waals surface area contributed by atoms with Gasteiger partial charge in [0.25, 0.3) is 0 Å². The Hall–Kier alpha value is -2.34. The van der Waals surface area contributed by atoms with Gasteiger partial charge in [0.2, 0.25) is 5.88 Å². The molecule has 0 saturated heterocycles. The maximum atomic E-state index is 5.99. The summed E-state index contributed by atoms with van der Waals surface area (Å²) >= 11 is 1.55. The van der Waals surface area contributed by atoms with Crippen LogP contribution in [0.25, 0.3) is 21.7 Å². The molecular formula is C15H15N3O2S. The van der Waals surface area contributed by atoms with E-state index in [1.165, 1.54) is 0 Å². The highest BCUT2D eigenvalue weighted by Gasteiger charge is 2.22. The van der Waals surface area contributed by atoms with Crippen LogP contribution in [0.4, 0.5) is 5.88 Å². The normalized spacial score (nSPS) is 10.8. The van der Waals surface area contributed by atoms with Gasteiger partial charge >= 0.3 is 0 Å². The van der Waals surface area contributed by atoms with E-state index in [4.69, 9.17) is 15.0 Å². The Kier molecular flexibility index (Phi) is 3.39. The molecule has 3 aromatic rings. The molecule has 3 rings (SSSR count). The summed E-state index contributed by atoms with van der Waals surface area (Å²) in [6.45, 7) is 3.97. The highest BCUT2D eigenvalue weighted by Crippen LogP contribution is 2.42. The maximum absolute atomic E-state index is 5.99. The van der Waals surface area contributed by atoms with Crippen molar-refractivity contribution in [2.45, 2.75) is 13.8 Å². The number of anilines is 1. The second kappa shape index (κ2) is 5.21. The lowest BCUT2D eigenvalue weighted by Gasteiger charge is -2.09. The quantitative estimate of drug-likeness (QED) is 0.799. The Labute approximate surface area is 126 Å². The molecule has 2 N–H and O–H groups in total. The monoisotopic (exact) mass is 301 g/mol. The van der Waals surface area contributed by atoms with Gasteiger partial charge in [-0.1, -0.05) is 16.8 Å². The van der Waals surface area contributed by atoms with Gasteiger partial charge in [0.05, 0.1) is 22.6 Å². The second-order valence-electron chi connectivity index (χ2n) is 4.72. The minimum atomic E-state index is 0.278. The van der Waals surface area contributed by atoms with Crippen LogP contribution in [0.2, 0.25) is 0 Å². The number of nitrogen functional groups attached to an aromatic ring is 1. The molecule has 1 aromatic carbocycles. The molecule has 21 heavy (non-hydrogen) atoms. The van der Waals surface area contributed by atoms with E-state index in [9.17, 15) is 0 Å². The number of rotatable bonds is 3. The van der Waals surface area contributed by atoms with Gasteiger partial charge in [-0.15, -0.1) is 11.3 Å². The molecule has 0 spiro atoms. The summed E-state index contributed by atoms with van der Waals surface area (Å²) in [6.07, 6.45) is 1.78. The molecule has 2 aromatic heterocycles. The number of ether oxygens (including phenoxy) is 1. The zero-order chi connectivity index (χ0) is 15.0. The van der Waals surface area contributed by atoms with E-state index in [0.717, 1.165) is 32.3 Å². The van der Waals surface area contributed by atoms with Crippen LogP contribution < -0.4 is 10.5 Å². The molecule has 0 aliphatic heterocycles. The average Bonchev–Trinajstić information content (AvgIpc) is 3.04. The Morgan fingerprint density at radius 1 is 1.29 bits per heavy atom. The summed E-state index contributed by atoms with van der Waals surface area (Å²) in [5, 5.41) is 5.06. The fourth-order valence-corrected chi connectivity index (χ4v) is 2.98. The zero-order valence-corrected chi connectivity index (χ0v) is 12.8. The summed E-state index contributed by atoms with van der Waals surface area (Å²) in [6, 6.07) is 5.92. The van der Waals surface area contributed by atoms with Crippen molar-refractivity contribution in [2.24, 2.45) is 0 Å². The first-order chi connectivity index (χ1) is 10.1. The van der Waals surface area contributed by atoms with Crippen LogP contribution in [0.5, 0.6) is 5.75 Å². The first-order valence-corrected chi connectivity index (χ1v) is 7.24. The fourth-order valence-electron chi connectivity index (χ4n) is 2.22. The molecule has 6 heteroatoms. The molecule has 0 bridgehead atoms. The Morgan fingerprint density at radius 3 is 2.76 bits per heavy atom. The van der Waals surface area contributed by atoms with Crippen LogP contribution in [0, 0.1) is 13.8 Å². The van der Waals surface area contributed by atoms with Crippen LogP contribution >= 0.6 is 11.3 Å². The van der Waals surface area contributed by atoms with Gasteiger partial charge in [0.15, 0.2) is 0 Å². The number of aryl methyl sites for hydroxylation is 2. The zero-order valence-electron chi connectivity index (χ0n) is 12.0. The van der Waals surface area contributed by atoms with Crippen molar-refractivity contribution in [3.63, 3.8) is 0 Å². The molecule has 0 aliphatic rings. The molecule has 108 valence electrons. The van der Waals surface area contributed by atoms with Crippen molar-refractivity contribution < 1.29 is 9.26 Å². The molecule has 0 saturated carbocycles. The molecule has 5 nitrogen and oxygen atoms in total. The molecule has 0 atom stereocenters. The number of nitrogens with zero attached hydrogens (tertiary/aromatic N) is 2. The number of methoxy groups -OCH3 is 1. The van der Waals surface area contributed by atoms with Gasteiger partial charge in [-0.2, -0.15) is 0 Å². The van der Waals surface area contributed by atoms with Crippen LogP contribution in [-0.4, -0.2) is 17.3 Å². The second-order valence-corrected chi connectivity index (χ2v) is 5.95. The lowest BCUT2D eigenvalue weighted by molar-refractivity contribution is 0.416. The van der Waals surface area contributed by atoms with Crippen molar-refractivity contribution in [3.05, 3.63) is 35.0 Å². The third-order valence-electron chi connectivity index (χ3n) is 3.20. The van der Waals surface area contributed by atoms with Crippen molar-refractivity contribution in [1.82, 2.24) is 10.1 Å². The average molecular weight is 301 g/mol. The smallest absolute Gasteiger partial charge is 0.230 e. The molecule has 2 heterocycles. The van der Waals surface area contributed by atoms with Gasteiger partial charge in [-0.05, 0) is 26.0 Å². The predicted molar refractivity (Wildman–Crippen MR) is 83.5 cm³/mol. The van der Waals surface area contributed by atoms with Crippen molar-refractivity contribution >= 4 is 17.2 Å².